The zero-order valence-electron chi connectivity index (χ0n) is 12.8. The highest BCUT2D eigenvalue weighted by Gasteiger charge is 2.22. The average Bonchev–Trinajstić information content (AvgIpc) is 2.42. The number of thioether (sulfide) groups is 1. The average molecular weight is 363 g/mol. The summed E-state index contributed by atoms with van der Waals surface area (Å²) in [5, 5.41) is 6.28. The van der Waals surface area contributed by atoms with Gasteiger partial charge in [-0.3, -0.25) is 9.59 Å². The van der Waals surface area contributed by atoms with E-state index in [1.54, 1.807) is 23.9 Å². The molecule has 2 amide bonds. The minimum absolute atomic E-state index is 0.0142. The van der Waals surface area contributed by atoms with Gasteiger partial charge in [-0.1, -0.05) is 23.2 Å². The molecule has 0 aliphatic rings. The molecule has 0 radical (unpaired) electrons. The molecule has 0 bridgehead atoms. The molecule has 22 heavy (non-hydrogen) atoms. The lowest BCUT2D eigenvalue weighted by Crippen LogP contribution is -2.48. The zero-order valence-corrected chi connectivity index (χ0v) is 15.1. The third-order valence-corrected chi connectivity index (χ3v) is 4.03. The van der Waals surface area contributed by atoms with Crippen LogP contribution in [0.3, 0.4) is 0 Å². The number of halogens is 2. The fourth-order valence-electron chi connectivity index (χ4n) is 1.80. The van der Waals surface area contributed by atoms with Crippen molar-refractivity contribution in [3.8, 4) is 0 Å². The largest absolute Gasteiger partial charge is 0.352 e. The van der Waals surface area contributed by atoms with Gasteiger partial charge in [-0.2, -0.15) is 11.8 Å². The van der Waals surface area contributed by atoms with Gasteiger partial charge in [0.05, 0.1) is 10.6 Å². The Balaban J connectivity index is 2.83. The maximum absolute atomic E-state index is 12.3. The summed E-state index contributed by atoms with van der Waals surface area (Å²) >= 11 is 13.5. The predicted molar refractivity (Wildman–Crippen MR) is 94.0 cm³/mol. The van der Waals surface area contributed by atoms with Crippen molar-refractivity contribution in [2.45, 2.75) is 32.4 Å². The Kier molecular flexibility index (Phi) is 8.07. The fraction of sp³-hybridized carbons (Fsp3) is 0.467. The van der Waals surface area contributed by atoms with Crippen molar-refractivity contribution in [1.82, 2.24) is 10.6 Å². The van der Waals surface area contributed by atoms with Crippen molar-refractivity contribution in [2.24, 2.45) is 0 Å². The van der Waals surface area contributed by atoms with Crippen molar-refractivity contribution in [1.29, 1.82) is 0 Å². The summed E-state index contributed by atoms with van der Waals surface area (Å²) < 4.78 is 0. The van der Waals surface area contributed by atoms with Crippen LogP contribution in [0.15, 0.2) is 18.2 Å². The van der Waals surface area contributed by atoms with Crippen molar-refractivity contribution in [2.75, 3.05) is 12.0 Å². The second kappa shape index (κ2) is 9.28. The van der Waals surface area contributed by atoms with E-state index < -0.39 is 6.04 Å². The van der Waals surface area contributed by atoms with Crippen molar-refractivity contribution >= 4 is 46.8 Å². The lowest BCUT2D eigenvalue weighted by atomic mass is 10.1. The Labute approximate surface area is 145 Å². The smallest absolute Gasteiger partial charge is 0.253 e. The summed E-state index contributed by atoms with van der Waals surface area (Å²) in [7, 11) is 0. The summed E-state index contributed by atoms with van der Waals surface area (Å²) in [5.41, 5.74) is 0.303. The van der Waals surface area contributed by atoms with E-state index in [0.717, 1.165) is 5.75 Å². The molecule has 0 aromatic heterocycles. The lowest BCUT2D eigenvalue weighted by molar-refractivity contribution is -0.123. The molecule has 0 saturated carbocycles. The lowest BCUT2D eigenvalue weighted by Gasteiger charge is -2.20. The molecule has 4 nitrogen and oxygen atoms in total. The van der Waals surface area contributed by atoms with Gasteiger partial charge in [-0.15, -0.1) is 0 Å². The Morgan fingerprint density at radius 3 is 2.45 bits per heavy atom. The minimum atomic E-state index is -0.589. The Bertz CT molecular complexity index is 538. The van der Waals surface area contributed by atoms with Gasteiger partial charge < -0.3 is 10.6 Å². The van der Waals surface area contributed by atoms with Crippen molar-refractivity contribution in [3.63, 3.8) is 0 Å². The van der Waals surface area contributed by atoms with E-state index in [-0.39, 0.29) is 22.9 Å². The van der Waals surface area contributed by atoms with Crippen molar-refractivity contribution in [3.05, 3.63) is 33.8 Å². The van der Waals surface area contributed by atoms with E-state index >= 15 is 0 Å². The molecule has 1 aromatic rings. The third-order valence-electron chi connectivity index (χ3n) is 2.84. The summed E-state index contributed by atoms with van der Waals surface area (Å²) in [6, 6.07) is 4.07. The van der Waals surface area contributed by atoms with Crippen LogP contribution in [0.25, 0.3) is 0 Å². The molecule has 0 spiro atoms. The van der Waals surface area contributed by atoms with Crippen molar-refractivity contribution < 1.29 is 9.59 Å². The van der Waals surface area contributed by atoms with E-state index in [4.69, 9.17) is 23.2 Å². The van der Waals surface area contributed by atoms with Gasteiger partial charge in [-0.25, -0.2) is 0 Å². The molecule has 0 aliphatic carbocycles. The molecule has 2 N–H and O–H groups in total. The number of rotatable bonds is 7. The van der Waals surface area contributed by atoms with Crippen LogP contribution in [-0.2, 0) is 4.79 Å². The second-order valence-electron chi connectivity index (χ2n) is 5.09. The van der Waals surface area contributed by atoms with E-state index in [9.17, 15) is 9.59 Å². The quantitative estimate of drug-likeness (QED) is 0.781. The van der Waals surface area contributed by atoms with Gasteiger partial charge in [0.15, 0.2) is 0 Å². The Morgan fingerprint density at radius 1 is 1.23 bits per heavy atom. The van der Waals surface area contributed by atoms with Crippen LogP contribution in [0.4, 0.5) is 0 Å². The van der Waals surface area contributed by atoms with E-state index in [2.05, 4.69) is 10.6 Å². The first-order chi connectivity index (χ1) is 10.3. The highest BCUT2D eigenvalue weighted by molar-refractivity contribution is 7.98. The topological polar surface area (TPSA) is 58.2 Å². The molecule has 1 aromatic carbocycles. The molecular weight excluding hydrogens is 343 g/mol. The molecule has 0 heterocycles. The molecule has 1 rings (SSSR count). The molecule has 122 valence electrons. The van der Waals surface area contributed by atoms with Gasteiger partial charge in [-0.05, 0) is 50.5 Å². The van der Waals surface area contributed by atoms with Crippen LogP contribution >= 0.6 is 35.0 Å². The molecular formula is C15H20Cl2N2O2S. The predicted octanol–water partition coefficient (Wildman–Crippen LogP) is 3.37. The maximum Gasteiger partial charge on any atom is 0.253 e. The van der Waals surface area contributed by atoms with Gasteiger partial charge in [0.2, 0.25) is 5.91 Å². The zero-order chi connectivity index (χ0) is 16.7. The first-order valence-corrected chi connectivity index (χ1v) is 9.05. The highest BCUT2D eigenvalue weighted by Crippen LogP contribution is 2.21. The van der Waals surface area contributed by atoms with Crippen LogP contribution in [-0.4, -0.2) is 35.9 Å². The standard InChI is InChI=1S/C15H20Cl2N2O2S/c1-9(2)18-15(21)13(6-7-22-3)19-14(20)11-5-4-10(16)8-12(11)17/h4-5,8-9,13H,6-7H2,1-3H3,(H,18,21)(H,19,20)/t13-/m0/s1. The summed E-state index contributed by atoms with van der Waals surface area (Å²) in [4.78, 5) is 24.5. The molecule has 0 unspecified atom stereocenters. The number of amides is 2. The number of nitrogens with one attached hydrogen (secondary N) is 2. The normalized spacial score (nSPS) is 12.1. The SMILES string of the molecule is CSCC[C@H](NC(=O)c1ccc(Cl)cc1Cl)C(=O)NC(C)C. The first-order valence-electron chi connectivity index (χ1n) is 6.90. The molecule has 0 saturated heterocycles. The van der Waals surface area contributed by atoms with Gasteiger partial charge in [0, 0.05) is 11.1 Å². The second-order valence-corrected chi connectivity index (χ2v) is 6.92. The van der Waals surface area contributed by atoms with Gasteiger partial charge in [0.1, 0.15) is 6.04 Å². The number of benzene rings is 1. The van der Waals surface area contributed by atoms with E-state index in [0.29, 0.717) is 17.0 Å². The van der Waals surface area contributed by atoms with Crippen LogP contribution in [0, 0.1) is 0 Å². The number of carbonyl (C=O) groups excluding carboxylic acids is 2. The number of hydrogen-bond donors (Lipinski definition) is 2. The van der Waals surface area contributed by atoms with E-state index in [1.807, 2.05) is 20.1 Å². The number of carbonyl (C=O) groups is 2. The van der Waals surface area contributed by atoms with Crippen LogP contribution in [0.5, 0.6) is 0 Å². The Morgan fingerprint density at radius 2 is 1.91 bits per heavy atom. The van der Waals surface area contributed by atoms with Gasteiger partial charge in [0.25, 0.3) is 5.91 Å². The molecule has 0 aliphatic heterocycles. The fourth-order valence-corrected chi connectivity index (χ4v) is 2.76. The first kappa shape index (κ1) is 19.1. The van der Waals surface area contributed by atoms with Crippen LogP contribution in [0.2, 0.25) is 10.0 Å². The van der Waals surface area contributed by atoms with Gasteiger partial charge >= 0.3 is 0 Å². The van der Waals surface area contributed by atoms with Crippen LogP contribution in [0.1, 0.15) is 30.6 Å². The third kappa shape index (κ3) is 6.07. The molecule has 0 fully saturated rings. The molecule has 1 atom stereocenters. The van der Waals surface area contributed by atoms with E-state index in [1.165, 1.54) is 6.07 Å². The highest BCUT2D eigenvalue weighted by atomic mass is 35.5. The van der Waals surface area contributed by atoms with Crippen LogP contribution < -0.4 is 10.6 Å². The summed E-state index contributed by atoms with van der Waals surface area (Å²) in [6.07, 6.45) is 2.51. The Hall–Kier alpha value is -0.910. The maximum atomic E-state index is 12.3. The minimum Gasteiger partial charge on any atom is -0.352 e. The molecule has 7 heteroatoms. The monoisotopic (exact) mass is 362 g/mol. The summed E-state index contributed by atoms with van der Waals surface area (Å²) in [5.74, 6) is 0.194. The number of hydrogen-bond acceptors (Lipinski definition) is 3. The summed E-state index contributed by atoms with van der Waals surface area (Å²) in [6.45, 7) is 3.75.